The Morgan fingerprint density at radius 3 is 2.56 bits per heavy atom. The molecule has 4 heteroatoms. The molecule has 0 aliphatic carbocycles. The lowest BCUT2D eigenvalue weighted by Gasteiger charge is -2.24. The van der Waals surface area contributed by atoms with Crippen LogP contribution in [-0.4, -0.2) is 19.3 Å². The topological polar surface area (TPSA) is 21.3 Å². The average Bonchev–Trinajstić information content (AvgIpc) is 2.77. The molecule has 0 amide bonds. The Morgan fingerprint density at radius 2 is 2.00 bits per heavy atom. The van der Waals surface area contributed by atoms with Gasteiger partial charge in [0, 0.05) is 5.56 Å². The second kappa shape index (κ2) is 5.33. The predicted molar refractivity (Wildman–Crippen MR) is 66.5 cm³/mol. The minimum Gasteiger partial charge on any atom is -0.373 e. The number of benzene rings is 1. The first-order valence-electron chi connectivity index (χ1n) is 6.31. The Balaban J connectivity index is 2.30. The van der Waals surface area contributed by atoms with E-state index in [1.807, 2.05) is 6.92 Å². The van der Waals surface area contributed by atoms with Crippen LogP contribution < -0.4 is 5.32 Å². The molecule has 100 valence electrons. The predicted octanol–water partition coefficient (Wildman–Crippen LogP) is 3.10. The number of rotatable bonds is 3. The van der Waals surface area contributed by atoms with Gasteiger partial charge in [-0.25, -0.2) is 8.78 Å². The highest BCUT2D eigenvalue weighted by Crippen LogP contribution is 2.32. The SMILES string of the molecule is CNC(c1ccc(C)c(F)c1F)C1CCC(C)O1. The van der Waals surface area contributed by atoms with Crippen molar-refractivity contribution >= 4 is 0 Å². The van der Waals surface area contributed by atoms with E-state index in [-0.39, 0.29) is 18.2 Å². The van der Waals surface area contributed by atoms with Crippen LogP contribution in [0.3, 0.4) is 0 Å². The van der Waals surface area contributed by atoms with Crippen molar-refractivity contribution in [3.05, 3.63) is 34.9 Å². The van der Waals surface area contributed by atoms with Gasteiger partial charge in [0.2, 0.25) is 0 Å². The Kier molecular flexibility index (Phi) is 3.97. The van der Waals surface area contributed by atoms with E-state index in [9.17, 15) is 8.78 Å². The molecule has 3 unspecified atom stereocenters. The second-order valence-electron chi connectivity index (χ2n) is 4.93. The number of halogens is 2. The molecule has 0 spiro atoms. The van der Waals surface area contributed by atoms with Crippen molar-refractivity contribution in [2.45, 2.75) is 44.9 Å². The molecule has 1 aromatic rings. The number of hydrogen-bond acceptors (Lipinski definition) is 2. The highest BCUT2D eigenvalue weighted by atomic mass is 19.2. The zero-order valence-corrected chi connectivity index (χ0v) is 11.0. The summed E-state index contributed by atoms with van der Waals surface area (Å²) in [5, 5.41) is 3.04. The van der Waals surface area contributed by atoms with Gasteiger partial charge in [-0.15, -0.1) is 0 Å². The van der Waals surface area contributed by atoms with Crippen molar-refractivity contribution in [3.8, 4) is 0 Å². The lowest BCUT2D eigenvalue weighted by molar-refractivity contribution is 0.0324. The summed E-state index contributed by atoms with van der Waals surface area (Å²) >= 11 is 0. The summed E-state index contributed by atoms with van der Waals surface area (Å²) in [4.78, 5) is 0. The van der Waals surface area contributed by atoms with Crippen molar-refractivity contribution in [1.29, 1.82) is 0 Å². The first-order chi connectivity index (χ1) is 8.54. The van der Waals surface area contributed by atoms with E-state index in [2.05, 4.69) is 5.32 Å². The van der Waals surface area contributed by atoms with Crippen LogP contribution in [-0.2, 0) is 4.74 Å². The molecule has 1 aliphatic heterocycles. The third-order valence-electron chi connectivity index (χ3n) is 3.59. The third kappa shape index (κ3) is 2.40. The smallest absolute Gasteiger partial charge is 0.163 e. The summed E-state index contributed by atoms with van der Waals surface area (Å²) < 4.78 is 33.3. The van der Waals surface area contributed by atoms with Gasteiger partial charge in [-0.05, 0) is 39.3 Å². The summed E-state index contributed by atoms with van der Waals surface area (Å²) in [5.41, 5.74) is 0.673. The van der Waals surface area contributed by atoms with Crippen LogP contribution in [0.2, 0.25) is 0 Å². The molecule has 0 aromatic heterocycles. The molecule has 3 atom stereocenters. The summed E-state index contributed by atoms with van der Waals surface area (Å²) in [6.07, 6.45) is 1.91. The average molecular weight is 255 g/mol. The Morgan fingerprint density at radius 1 is 1.28 bits per heavy atom. The molecule has 18 heavy (non-hydrogen) atoms. The van der Waals surface area contributed by atoms with Crippen molar-refractivity contribution in [1.82, 2.24) is 5.32 Å². The van der Waals surface area contributed by atoms with Crippen LogP contribution in [0.5, 0.6) is 0 Å². The van der Waals surface area contributed by atoms with Gasteiger partial charge in [0.25, 0.3) is 0 Å². The fourth-order valence-corrected chi connectivity index (χ4v) is 2.52. The molecule has 0 saturated carbocycles. The van der Waals surface area contributed by atoms with Crippen molar-refractivity contribution in [2.24, 2.45) is 0 Å². The Labute approximate surface area is 106 Å². The van der Waals surface area contributed by atoms with E-state index in [1.165, 1.54) is 0 Å². The van der Waals surface area contributed by atoms with Crippen LogP contribution in [0.15, 0.2) is 12.1 Å². The van der Waals surface area contributed by atoms with Crippen molar-refractivity contribution in [2.75, 3.05) is 7.05 Å². The minimum absolute atomic E-state index is 0.0957. The fourth-order valence-electron chi connectivity index (χ4n) is 2.52. The molecule has 1 aromatic carbocycles. The number of nitrogens with one attached hydrogen (secondary N) is 1. The number of aryl methyl sites for hydroxylation is 1. The Bertz CT molecular complexity index is 436. The maximum Gasteiger partial charge on any atom is 0.163 e. The van der Waals surface area contributed by atoms with E-state index < -0.39 is 11.6 Å². The first-order valence-corrected chi connectivity index (χ1v) is 6.31. The quantitative estimate of drug-likeness (QED) is 0.896. The summed E-state index contributed by atoms with van der Waals surface area (Å²) in [5.74, 6) is -1.53. The summed E-state index contributed by atoms with van der Waals surface area (Å²) in [6.45, 7) is 3.56. The van der Waals surface area contributed by atoms with E-state index in [4.69, 9.17) is 4.74 Å². The highest BCUT2D eigenvalue weighted by Gasteiger charge is 2.32. The lowest BCUT2D eigenvalue weighted by atomic mass is 9.97. The highest BCUT2D eigenvalue weighted by molar-refractivity contribution is 5.28. The van der Waals surface area contributed by atoms with Gasteiger partial charge >= 0.3 is 0 Å². The van der Waals surface area contributed by atoms with Gasteiger partial charge in [0.05, 0.1) is 18.2 Å². The maximum atomic E-state index is 14.0. The van der Waals surface area contributed by atoms with Crippen LogP contribution >= 0.6 is 0 Å². The number of likely N-dealkylation sites (N-methyl/N-ethyl adjacent to an activating group) is 1. The van der Waals surface area contributed by atoms with Gasteiger partial charge in [0.15, 0.2) is 11.6 Å². The number of hydrogen-bond donors (Lipinski definition) is 1. The largest absolute Gasteiger partial charge is 0.373 e. The molecule has 2 nitrogen and oxygen atoms in total. The van der Waals surface area contributed by atoms with Crippen LogP contribution in [0.1, 0.15) is 36.9 Å². The van der Waals surface area contributed by atoms with Gasteiger partial charge in [-0.3, -0.25) is 0 Å². The molecule has 1 N–H and O–H groups in total. The van der Waals surface area contributed by atoms with Gasteiger partial charge < -0.3 is 10.1 Å². The first kappa shape index (κ1) is 13.4. The van der Waals surface area contributed by atoms with E-state index in [0.29, 0.717) is 11.1 Å². The van der Waals surface area contributed by atoms with Gasteiger partial charge in [-0.2, -0.15) is 0 Å². The fraction of sp³-hybridized carbons (Fsp3) is 0.571. The van der Waals surface area contributed by atoms with Crippen molar-refractivity contribution < 1.29 is 13.5 Å². The molecule has 0 bridgehead atoms. The van der Waals surface area contributed by atoms with E-state index in [0.717, 1.165) is 12.8 Å². The summed E-state index contributed by atoms with van der Waals surface area (Å²) in [6, 6.07) is 2.95. The second-order valence-corrected chi connectivity index (χ2v) is 4.93. The normalized spacial score (nSPS) is 25.4. The molecule has 2 rings (SSSR count). The van der Waals surface area contributed by atoms with E-state index in [1.54, 1.807) is 26.1 Å². The molecule has 1 fully saturated rings. The van der Waals surface area contributed by atoms with Crippen LogP contribution in [0, 0.1) is 18.6 Å². The monoisotopic (exact) mass is 255 g/mol. The molecule has 0 radical (unpaired) electrons. The summed E-state index contributed by atoms with van der Waals surface area (Å²) in [7, 11) is 1.74. The minimum atomic E-state index is -0.766. The van der Waals surface area contributed by atoms with Crippen molar-refractivity contribution in [3.63, 3.8) is 0 Å². The van der Waals surface area contributed by atoms with Gasteiger partial charge in [-0.1, -0.05) is 12.1 Å². The van der Waals surface area contributed by atoms with Gasteiger partial charge in [0.1, 0.15) is 0 Å². The molecular weight excluding hydrogens is 236 g/mol. The molecular formula is C14H19F2NO. The number of ether oxygens (including phenoxy) is 1. The molecule has 1 heterocycles. The molecule has 1 aliphatic rings. The third-order valence-corrected chi connectivity index (χ3v) is 3.59. The van der Waals surface area contributed by atoms with Crippen LogP contribution in [0.25, 0.3) is 0 Å². The zero-order valence-electron chi connectivity index (χ0n) is 11.0. The maximum absolute atomic E-state index is 14.0. The Hall–Kier alpha value is -1.00. The zero-order chi connectivity index (χ0) is 13.3. The standard InChI is InChI=1S/C14H19F2NO/c1-8-4-6-10(13(16)12(8)15)14(17-3)11-7-5-9(2)18-11/h4,6,9,11,14,17H,5,7H2,1-3H3. The lowest BCUT2D eigenvalue weighted by Crippen LogP contribution is -2.30. The van der Waals surface area contributed by atoms with Crippen LogP contribution in [0.4, 0.5) is 8.78 Å². The van der Waals surface area contributed by atoms with E-state index >= 15 is 0 Å². The molecule has 1 saturated heterocycles.